The number of nitrogens with zero attached hydrogens (tertiary/aromatic N) is 6. The van der Waals surface area contributed by atoms with Crippen molar-refractivity contribution in [3.05, 3.63) is 59.8 Å². The van der Waals surface area contributed by atoms with Crippen molar-refractivity contribution in [3.8, 4) is 29.0 Å². The van der Waals surface area contributed by atoms with Crippen LogP contribution in [-0.4, -0.2) is 36.7 Å². The molecule has 156 valence electrons. The van der Waals surface area contributed by atoms with Crippen molar-refractivity contribution in [1.82, 2.24) is 30.1 Å². The molecule has 1 aliphatic rings. The fourth-order valence-corrected chi connectivity index (χ4v) is 2.96. The minimum absolute atomic E-state index is 0.0154. The summed E-state index contributed by atoms with van der Waals surface area (Å²) in [6.45, 7) is 0.690. The van der Waals surface area contributed by atoms with Crippen LogP contribution in [0.2, 0.25) is 0 Å². The minimum atomic E-state index is -0.333. The van der Waals surface area contributed by atoms with Gasteiger partial charge < -0.3 is 15.0 Å². The monoisotopic (exact) mass is 419 g/mol. The Kier molecular flexibility index (Phi) is 4.95. The van der Waals surface area contributed by atoms with Gasteiger partial charge in [0.05, 0.1) is 12.2 Å². The van der Waals surface area contributed by atoms with Gasteiger partial charge in [-0.05, 0) is 42.5 Å². The van der Waals surface area contributed by atoms with Crippen LogP contribution in [0, 0.1) is 11.7 Å². The molecule has 0 saturated heterocycles. The van der Waals surface area contributed by atoms with E-state index in [1.54, 1.807) is 30.5 Å². The normalized spacial score (nSPS) is 13.3. The van der Waals surface area contributed by atoms with Crippen LogP contribution in [0.5, 0.6) is 5.88 Å². The highest BCUT2D eigenvalue weighted by Gasteiger charge is 2.22. The summed E-state index contributed by atoms with van der Waals surface area (Å²) in [6, 6.07) is 9.75. The van der Waals surface area contributed by atoms with Crippen LogP contribution in [0.25, 0.3) is 23.1 Å². The molecular formula is C21H18FN7O2. The fraction of sp³-hybridized carbons (Fsp3) is 0.238. The van der Waals surface area contributed by atoms with Gasteiger partial charge in [0, 0.05) is 18.7 Å². The molecule has 3 aromatic heterocycles. The van der Waals surface area contributed by atoms with Crippen molar-refractivity contribution in [2.45, 2.75) is 19.3 Å². The van der Waals surface area contributed by atoms with Crippen molar-refractivity contribution >= 4 is 5.95 Å². The molecule has 1 fully saturated rings. The Bertz CT molecular complexity index is 1210. The van der Waals surface area contributed by atoms with Crippen molar-refractivity contribution in [1.29, 1.82) is 0 Å². The number of nitrogen functional groups attached to an aromatic ring is 1. The molecule has 2 N–H and O–H groups in total. The third-order valence-electron chi connectivity index (χ3n) is 4.72. The first-order chi connectivity index (χ1) is 15.1. The summed E-state index contributed by atoms with van der Waals surface area (Å²) in [5.41, 5.74) is 7.17. The van der Waals surface area contributed by atoms with Gasteiger partial charge in [-0.3, -0.25) is 0 Å². The maximum atomic E-state index is 13.4. The Labute approximate surface area is 176 Å². The molecule has 9 nitrogen and oxygen atoms in total. The van der Waals surface area contributed by atoms with Crippen molar-refractivity contribution in [3.63, 3.8) is 0 Å². The Morgan fingerprint density at radius 2 is 1.97 bits per heavy atom. The number of aromatic nitrogens is 6. The third-order valence-corrected chi connectivity index (χ3v) is 4.72. The first-order valence-electron chi connectivity index (χ1n) is 9.80. The van der Waals surface area contributed by atoms with Gasteiger partial charge in [-0.15, -0.1) is 0 Å². The quantitative estimate of drug-likeness (QED) is 0.481. The second kappa shape index (κ2) is 8.05. The predicted octanol–water partition coefficient (Wildman–Crippen LogP) is 3.08. The first kappa shape index (κ1) is 19.0. The van der Waals surface area contributed by atoms with Gasteiger partial charge in [0.1, 0.15) is 11.6 Å². The van der Waals surface area contributed by atoms with Crippen LogP contribution in [-0.2, 0) is 6.42 Å². The van der Waals surface area contributed by atoms with E-state index in [4.69, 9.17) is 15.0 Å². The standard InChI is InChI=1S/C21H18FN7O2/c22-15-3-1-2-13(8-15)9-16-25-18(28-21(23)26-16)19-27-20(31-29-19)14-6-7-17(24-10-14)30-11-12-4-5-12/h1-3,6-8,10,12H,4-5,9,11H2,(H2,23,25,26,28). The summed E-state index contributed by atoms with van der Waals surface area (Å²) in [4.78, 5) is 21.2. The van der Waals surface area contributed by atoms with Crippen molar-refractivity contribution < 1.29 is 13.7 Å². The van der Waals surface area contributed by atoms with Gasteiger partial charge in [-0.25, -0.2) is 14.4 Å². The summed E-state index contributed by atoms with van der Waals surface area (Å²) in [7, 11) is 0. The number of nitrogens with two attached hydrogens (primary N) is 1. The zero-order chi connectivity index (χ0) is 21.2. The largest absolute Gasteiger partial charge is 0.477 e. The van der Waals surface area contributed by atoms with E-state index in [1.165, 1.54) is 25.0 Å². The van der Waals surface area contributed by atoms with E-state index in [0.717, 1.165) is 0 Å². The number of pyridine rings is 1. The number of anilines is 1. The highest BCUT2D eigenvalue weighted by Crippen LogP contribution is 2.29. The van der Waals surface area contributed by atoms with Crippen LogP contribution >= 0.6 is 0 Å². The van der Waals surface area contributed by atoms with E-state index in [-0.39, 0.29) is 35.7 Å². The number of rotatable bonds is 7. The van der Waals surface area contributed by atoms with Gasteiger partial charge in [0.15, 0.2) is 0 Å². The van der Waals surface area contributed by atoms with E-state index >= 15 is 0 Å². The number of hydrogen-bond donors (Lipinski definition) is 1. The average molecular weight is 419 g/mol. The van der Waals surface area contributed by atoms with Crippen molar-refractivity contribution in [2.24, 2.45) is 5.92 Å². The molecule has 4 aromatic rings. The van der Waals surface area contributed by atoms with Gasteiger partial charge in [-0.1, -0.05) is 17.3 Å². The van der Waals surface area contributed by atoms with E-state index < -0.39 is 0 Å². The SMILES string of the molecule is Nc1nc(Cc2cccc(F)c2)nc(-c2noc(-c3ccc(OCC4CC4)nc3)n2)n1. The van der Waals surface area contributed by atoms with Crippen molar-refractivity contribution in [2.75, 3.05) is 12.3 Å². The number of hydrogen-bond acceptors (Lipinski definition) is 9. The second-order valence-electron chi connectivity index (χ2n) is 7.30. The lowest BCUT2D eigenvalue weighted by atomic mass is 10.1. The summed E-state index contributed by atoms with van der Waals surface area (Å²) in [5.74, 6) is 1.87. The lowest BCUT2D eigenvalue weighted by molar-refractivity contribution is 0.288. The Morgan fingerprint density at radius 3 is 2.74 bits per heavy atom. The van der Waals surface area contributed by atoms with Gasteiger partial charge in [-0.2, -0.15) is 15.0 Å². The summed E-state index contributed by atoms with van der Waals surface area (Å²) in [6.07, 6.45) is 4.33. The van der Waals surface area contributed by atoms with Crippen LogP contribution < -0.4 is 10.5 Å². The summed E-state index contributed by atoms with van der Waals surface area (Å²) in [5, 5.41) is 3.94. The van der Waals surface area contributed by atoms with Crippen LogP contribution in [0.1, 0.15) is 24.2 Å². The lowest BCUT2D eigenvalue weighted by Crippen LogP contribution is -2.06. The smallest absolute Gasteiger partial charge is 0.259 e. The molecule has 0 spiro atoms. The van der Waals surface area contributed by atoms with Gasteiger partial charge in [0.25, 0.3) is 5.89 Å². The van der Waals surface area contributed by atoms with E-state index in [1.807, 2.05) is 0 Å². The van der Waals surface area contributed by atoms with E-state index in [0.29, 0.717) is 35.4 Å². The summed E-state index contributed by atoms with van der Waals surface area (Å²) >= 11 is 0. The Hall–Kier alpha value is -3.95. The fourth-order valence-electron chi connectivity index (χ4n) is 2.96. The molecule has 3 heterocycles. The second-order valence-corrected chi connectivity index (χ2v) is 7.30. The molecule has 10 heteroatoms. The third kappa shape index (κ3) is 4.63. The topological polar surface area (TPSA) is 126 Å². The number of benzene rings is 1. The number of ether oxygens (including phenoxy) is 1. The highest BCUT2D eigenvalue weighted by molar-refractivity contribution is 5.55. The van der Waals surface area contributed by atoms with Crippen LogP contribution in [0.15, 0.2) is 47.1 Å². The molecule has 31 heavy (non-hydrogen) atoms. The predicted molar refractivity (Wildman–Crippen MR) is 108 cm³/mol. The highest BCUT2D eigenvalue weighted by atomic mass is 19.1. The van der Waals surface area contributed by atoms with Crippen LogP contribution in [0.4, 0.5) is 10.3 Å². The van der Waals surface area contributed by atoms with Gasteiger partial charge >= 0.3 is 0 Å². The lowest BCUT2D eigenvalue weighted by Gasteiger charge is -2.03. The van der Waals surface area contributed by atoms with E-state index in [2.05, 4.69) is 30.1 Å². The molecule has 1 saturated carbocycles. The molecule has 0 unspecified atom stereocenters. The molecule has 1 aromatic carbocycles. The first-order valence-corrected chi connectivity index (χ1v) is 9.80. The summed E-state index contributed by atoms with van der Waals surface area (Å²) < 4.78 is 24.4. The zero-order valence-corrected chi connectivity index (χ0v) is 16.4. The average Bonchev–Trinajstić information content (AvgIpc) is 3.46. The zero-order valence-electron chi connectivity index (χ0n) is 16.4. The Morgan fingerprint density at radius 1 is 1.06 bits per heavy atom. The van der Waals surface area contributed by atoms with Gasteiger partial charge in [0.2, 0.25) is 23.5 Å². The molecular weight excluding hydrogens is 401 g/mol. The molecule has 0 atom stereocenters. The number of halogens is 1. The molecule has 0 radical (unpaired) electrons. The minimum Gasteiger partial charge on any atom is -0.477 e. The molecule has 0 aliphatic heterocycles. The maximum Gasteiger partial charge on any atom is 0.259 e. The maximum absolute atomic E-state index is 13.4. The molecule has 1 aliphatic carbocycles. The van der Waals surface area contributed by atoms with E-state index in [9.17, 15) is 4.39 Å². The van der Waals surface area contributed by atoms with Crippen LogP contribution in [0.3, 0.4) is 0 Å². The Balaban J connectivity index is 1.34. The molecule has 5 rings (SSSR count). The molecule has 0 amide bonds. The molecule has 0 bridgehead atoms.